The fourth-order valence-electron chi connectivity index (χ4n) is 4.06. The molecule has 0 saturated heterocycles. The zero-order valence-corrected chi connectivity index (χ0v) is 22.2. The average Bonchev–Trinajstić information content (AvgIpc) is 3.43. The number of nitrogens with one attached hydrogen (secondary N) is 1. The lowest BCUT2D eigenvalue weighted by atomic mass is 10.2. The van der Waals surface area contributed by atoms with E-state index in [1.165, 1.54) is 31.2 Å². The fourth-order valence-corrected chi connectivity index (χ4v) is 4.63. The maximum Gasteiger partial charge on any atom is 0.193 e. The number of nitrogens with zero attached hydrogens (tertiary/aromatic N) is 5. The molecule has 0 unspecified atom stereocenters. The number of rotatable bonds is 9. The topological polar surface area (TPSA) is 67.6 Å². The van der Waals surface area contributed by atoms with Crippen LogP contribution in [-0.2, 0) is 13.0 Å². The summed E-state index contributed by atoms with van der Waals surface area (Å²) in [5.41, 5.74) is 1.22. The van der Waals surface area contributed by atoms with Crippen molar-refractivity contribution in [3.05, 3.63) is 35.7 Å². The molecule has 7 nitrogen and oxygen atoms in total. The molecule has 0 radical (unpaired) electrons. The van der Waals surface area contributed by atoms with Crippen LogP contribution in [0, 0.1) is 0 Å². The van der Waals surface area contributed by atoms with Crippen LogP contribution in [0.1, 0.15) is 49.5 Å². The number of aromatic nitrogens is 3. The molecule has 1 aromatic heterocycles. The highest BCUT2D eigenvalue weighted by Gasteiger charge is 2.23. The van der Waals surface area contributed by atoms with Crippen molar-refractivity contribution in [1.82, 2.24) is 25.0 Å². The van der Waals surface area contributed by atoms with Crippen molar-refractivity contribution in [2.24, 2.45) is 4.99 Å². The summed E-state index contributed by atoms with van der Waals surface area (Å²) in [5.74, 6) is 2.89. The number of ether oxygens (including phenoxy) is 1. The number of benzene rings is 1. The van der Waals surface area contributed by atoms with Crippen LogP contribution in [0.4, 0.5) is 0 Å². The van der Waals surface area contributed by atoms with Crippen molar-refractivity contribution in [2.75, 3.05) is 34.0 Å². The van der Waals surface area contributed by atoms with Gasteiger partial charge in [0.15, 0.2) is 11.1 Å². The van der Waals surface area contributed by atoms with Gasteiger partial charge in [0.25, 0.3) is 0 Å². The second-order valence-corrected chi connectivity index (χ2v) is 8.47. The van der Waals surface area contributed by atoms with Gasteiger partial charge in [0.2, 0.25) is 0 Å². The van der Waals surface area contributed by atoms with Crippen LogP contribution in [0.5, 0.6) is 5.75 Å². The number of thioether (sulfide) groups is 1. The molecule has 2 aromatic rings. The van der Waals surface area contributed by atoms with Crippen molar-refractivity contribution < 1.29 is 4.74 Å². The maximum absolute atomic E-state index is 5.23. The minimum atomic E-state index is 0. The summed E-state index contributed by atoms with van der Waals surface area (Å²) in [5, 5.41) is 13.4. The van der Waals surface area contributed by atoms with Gasteiger partial charge in [0.1, 0.15) is 11.6 Å². The second-order valence-electron chi connectivity index (χ2n) is 7.69. The second kappa shape index (κ2) is 13.1. The van der Waals surface area contributed by atoms with E-state index in [9.17, 15) is 0 Å². The van der Waals surface area contributed by atoms with E-state index in [4.69, 9.17) is 4.74 Å². The van der Waals surface area contributed by atoms with Gasteiger partial charge in [0.05, 0.1) is 7.11 Å². The van der Waals surface area contributed by atoms with Crippen molar-refractivity contribution in [3.8, 4) is 5.75 Å². The first-order chi connectivity index (χ1) is 14.7. The van der Waals surface area contributed by atoms with Gasteiger partial charge in [-0.05, 0) is 43.2 Å². The summed E-state index contributed by atoms with van der Waals surface area (Å²) in [4.78, 5) is 6.56. The van der Waals surface area contributed by atoms with Gasteiger partial charge in [-0.2, -0.15) is 0 Å². The van der Waals surface area contributed by atoms with Gasteiger partial charge in [0, 0.05) is 39.6 Å². The third-order valence-electron chi connectivity index (χ3n) is 5.62. The smallest absolute Gasteiger partial charge is 0.193 e. The summed E-state index contributed by atoms with van der Waals surface area (Å²) in [6.45, 7) is 1.64. The molecule has 1 aliphatic rings. The molecule has 1 aliphatic carbocycles. The SMILES string of the molecule is CN=C(NCCCc1nnc(SC)n1C1CCCC1)N(C)Cc1ccc(OC)cc1.I. The Morgan fingerprint density at radius 3 is 2.58 bits per heavy atom. The third kappa shape index (κ3) is 7.00. The summed E-state index contributed by atoms with van der Waals surface area (Å²) in [6.07, 6.45) is 9.14. The first kappa shape index (κ1) is 25.8. The molecular formula is C22H35IN6OS. The third-order valence-corrected chi connectivity index (χ3v) is 6.26. The van der Waals surface area contributed by atoms with Crippen LogP contribution in [0.15, 0.2) is 34.4 Å². The first-order valence-electron chi connectivity index (χ1n) is 10.7. The molecule has 1 saturated carbocycles. The number of guanidine groups is 1. The number of hydrogen-bond donors (Lipinski definition) is 1. The lowest BCUT2D eigenvalue weighted by Gasteiger charge is -2.22. The van der Waals surface area contributed by atoms with E-state index in [1.54, 1.807) is 18.9 Å². The summed E-state index contributed by atoms with van der Waals surface area (Å²) in [7, 11) is 5.57. The number of hydrogen-bond acceptors (Lipinski definition) is 5. The van der Waals surface area contributed by atoms with Crippen LogP contribution >= 0.6 is 35.7 Å². The number of aliphatic imine (C=N–C) groups is 1. The average molecular weight is 559 g/mol. The Hall–Kier alpha value is -1.49. The minimum absolute atomic E-state index is 0. The molecule has 9 heteroatoms. The molecule has 3 rings (SSSR count). The van der Waals surface area contributed by atoms with Crippen LogP contribution in [-0.4, -0.2) is 59.6 Å². The summed E-state index contributed by atoms with van der Waals surface area (Å²) < 4.78 is 7.62. The molecule has 1 aromatic carbocycles. The predicted octanol–water partition coefficient (Wildman–Crippen LogP) is 4.38. The molecular weight excluding hydrogens is 523 g/mol. The zero-order chi connectivity index (χ0) is 21.3. The van der Waals surface area contributed by atoms with Gasteiger partial charge in [-0.15, -0.1) is 34.2 Å². The highest BCUT2D eigenvalue weighted by Crippen LogP contribution is 2.33. The Labute approximate surface area is 207 Å². The van der Waals surface area contributed by atoms with E-state index in [0.717, 1.165) is 48.6 Å². The quantitative estimate of drug-likeness (QED) is 0.162. The fraction of sp³-hybridized carbons (Fsp3) is 0.591. The van der Waals surface area contributed by atoms with E-state index >= 15 is 0 Å². The van der Waals surface area contributed by atoms with Gasteiger partial charge in [-0.1, -0.05) is 36.7 Å². The molecule has 0 atom stereocenters. The van der Waals surface area contributed by atoms with Crippen molar-refractivity contribution in [3.63, 3.8) is 0 Å². The molecule has 1 fully saturated rings. The van der Waals surface area contributed by atoms with Crippen LogP contribution in [0.3, 0.4) is 0 Å². The molecule has 0 aliphatic heterocycles. The lowest BCUT2D eigenvalue weighted by molar-refractivity contribution is 0.414. The molecule has 0 amide bonds. The Balaban J connectivity index is 0.00000341. The summed E-state index contributed by atoms with van der Waals surface area (Å²) in [6, 6.07) is 8.73. The molecule has 1 heterocycles. The first-order valence-corrected chi connectivity index (χ1v) is 11.9. The monoisotopic (exact) mass is 558 g/mol. The largest absolute Gasteiger partial charge is 0.497 e. The molecule has 0 spiro atoms. The Morgan fingerprint density at radius 2 is 1.97 bits per heavy atom. The predicted molar refractivity (Wildman–Crippen MR) is 139 cm³/mol. The van der Waals surface area contributed by atoms with Crippen molar-refractivity contribution in [2.45, 2.75) is 56.3 Å². The number of halogens is 1. The molecule has 0 bridgehead atoms. The number of methoxy groups -OCH3 is 1. The van der Waals surface area contributed by atoms with Gasteiger partial charge in [-0.25, -0.2) is 0 Å². The highest BCUT2D eigenvalue weighted by atomic mass is 127. The van der Waals surface area contributed by atoms with Gasteiger partial charge < -0.3 is 19.5 Å². The Morgan fingerprint density at radius 1 is 1.26 bits per heavy atom. The minimum Gasteiger partial charge on any atom is -0.497 e. The molecule has 31 heavy (non-hydrogen) atoms. The van der Waals surface area contributed by atoms with E-state index in [-0.39, 0.29) is 24.0 Å². The van der Waals surface area contributed by atoms with Crippen LogP contribution in [0.2, 0.25) is 0 Å². The van der Waals surface area contributed by atoms with E-state index in [2.05, 4.69) is 55.4 Å². The maximum atomic E-state index is 5.23. The van der Waals surface area contributed by atoms with Gasteiger partial charge >= 0.3 is 0 Å². The lowest BCUT2D eigenvalue weighted by Crippen LogP contribution is -2.39. The summed E-state index contributed by atoms with van der Waals surface area (Å²) >= 11 is 1.70. The van der Waals surface area contributed by atoms with Crippen LogP contribution in [0.25, 0.3) is 0 Å². The highest BCUT2D eigenvalue weighted by molar-refractivity contribution is 14.0. The van der Waals surface area contributed by atoms with Gasteiger partial charge in [-0.3, -0.25) is 4.99 Å². The standard InChI is InChI=1S/C22H34N6OS.HI/c1-23-21(27(2)16-17-11-13-19(29-3)14-12-17)24-15-7-10-20-25-26-22(30-4)28(20)18-8-5-6-9-18;/h11-14,18H,5-10,15-16H2,1-4H3,(H,23,24);1H. The Bertz CT molecular complexity index is 820. The van der Waals surface area contributed by atoms with Crippen LogP contribution < -0.4 is 10.1 Å². The normalized spacial score (nSPS) is 14.4. The zero-order valence-electron chi connectivity index (χ0n) is 19.0. The van der Waals surface area contributed by atoms with Crippen molar-refractivity contribution >= 4 is 41.7 Å². The Kier molecular flexibility index (Phi) is 10.9. The van der Waals surface area contributed by atoms with Crippen molar-refractivity contribution in [1.29, 1.82) is 0 Å². The number of aryl methyl sites for hydroxylation is 1. The molecule has 172 valence electrons. The van der Waals surface area contributed by atoms with E-state index in [0.29, 0.717) is 6.04 Å². The molecule has 1 N–H and O–H groups in total. The van der Waals surface area contributed by atoms with E-state index < -0.39 is 0 Å². The van der Waals surface area contributed by atoms with E-state index in [1.807, 2.05) is 19.2 Å².